The molecule has 1 aliphatic heterocycles. The fraction of sp³-hybridized carbons (Fsp3) is 0.556. The molecular formula is C18H24N4OS. The van der Waals surface area contributed by atoms with Crippen molar-refractivity contribution in [3.63, 3.8) is 0 Å². The maximum atomic E-state index is 12.8. The van der Waals surface area contributed by atoms with Gasteiger partial charge in [-0.05, 0) is 35.8 Å². The summed E-state index contributed by atoms with van der Waals surface area (Å²) in [5.41, 5.74) is 1.21. The van der Waals surface area contributed by atoms with E-state index in [1.807, 2.05) is 35.5 Å². The van der Waals surface area contributed by atoms with E-state index >= 15 is 0 Å². The minimum absolute atomic E-state index is 0.179. The lowest BCUT2D eigenvalue weighted by molar-refractivity contribution is -0.132. The average molecular weight is 344 g/mol. The largest absolute Gasteiger partial charge is 0.341 e. The monoisotopic (exact) mass is 344 g/mol. The van der Waals surface area contributed by atoms with Crippen LogP contribution in [0.3, 0.4) is 0 Å². The van der Waals surface area contributed by atoms with Crippen LogP contribution in [0.1, 0.15) is 29.2 Å². The highest BCUT2D eigenvalue weighted by Crippen LogP contribution is 2.48. The minimum Gasteiger partial charge on any atom is -0.341 e. The van der Waals surface area contributed by atoms with Gasteiger partial charge in [0.1, 0.15) is 0 Å². The van der Waals surface area contributed by atoms with Crippen LogP contribution in [0, 0.1) is 5.92 Å². The molecule has 4 rings (SSSR count). The number of aromatic nitrogens is 2. The predicted molar refractivity (Wildman–Crippen MR) is 94.8 cm³/mol. The molecule has 0 N–H and O–H groups in total. The zero-order chi connectivity index (χ0) is 16.5. The SMILES string of the molecule is Cn1cc(C2CC2C(=O)N2CCCN(Cc3cccs3)CC2)cn1. The van der Waals surface area contributed by atoms with Gasteiger partial charge in [-0.25, -0.2) is 0 Å². The van der Waals surface area contributed by atoms with Gasteiger partial charge in [0.2, 0.25) is 5.91 Å². The number of hydrogen-bond donors (Lipinski definition) is 0. The summed E-state index contributed by atoms with van der Waals surface area (Å²) in [5, 5.41) is 6.36. The smallest absolute Gasteiger partial charge is 0.226 e. The number of thiophene rings is 1. The summed E-state index contributed by atoms with van der Waals surface area (Å²) in [6.07, 6.45) is 6.01. The molecule has 2 aromatic rings. The third-order valence-corrected chi connectivity index (χ3v) is 5.98. The van der Waals surface area contributed by atoms with E-state index in [9.17, 15) is 4.79 Å². The van der Waals surface area contributed by atoms with Crippen LogP contribution in [0.15, 0.2) is 29.9 Å². The Balaban J connectivity index is 1.31. The molecule has 0 aromatic carbocycles. The molecule has 1 aliphatic carbocycles. The standard InChI is InChI=1S/C18H24N4OS/c1-20-12-14(11-19-20)16-10-17(16)18(23)22-6-3-5-21(7-8-22)13-15-4-2-9-24-15/h2,4,9,11-12,16-17H,3,5-8,10,13H2,1H3. The first kappa shape index (κ1) is 15.8. The maximum absolute atomic E-state index is 12.8. The Hall–Kier alpha value is -1.66. The number of nitrogens with zero attached hydrogens (tertiary/aromatic N) is 4. The van der Waals surface area contributed by atoms with Gasteiger partial charge in [-0.3, -0.25) is 14.4 Å². The van der Waals surface area contributed by atoms with Crippen molar-refractivity contribution >= 4 is 17.2 Å². The fourth-order valence-corrected chi connectivity index (χ4v) is 4.42. The van der Waals surface area contributed by atoms with Crippen molar-refractivity contribution in [1.29, 1.82) is 0 Å². The molecular weight excluding hydrogens is 320 g/mol. The predicted octanol–water partition coefficient (Wildman–Crippen LogP) is 2.32. The molecule has 5 nitrogen and oxygen atoms in total. The molecule has 2 aromatic heterocycles. The molecule has 2 aliphatic rings. The second kappa shape index (κ2) is 6.69. The second-order valence-electron chi connectivity index (χ2n) is 6.93. The molecule has 1 saturated carbocycles. The lowest BCUT2D eigenvalue weighted by atomic mass is 10.2. The summed E-state index contributed by atoms with van der Waals surface area (Å²) in [6.45, 7) is 4.84. The summed E-state index contributed by atoms with van der Waals surface area (Å²) in [6, 6.07) is 4.31. The minimum atomic E-state index is 0.179. The summed E-state index contributed by atoms with van der Waals surface area (Å²) in [7, 11) is 1.93. The highest BCUT2D eigenvalue weighted by Gasteiger charge is 2.46. The van der Waals surface area contributed by atoms with Crippen LogP contribution >= 0.6 is 11.3 Å². The van der Waals surface area contributed by atoms with Crippen molar-refractivity contribution in [2.75, 3.05) is 26.2 Å². The van der Waals surface area contributed by atoms with Crippen LogP contribution in [0.25, 0.3) is 0 Å². The number of amides is 1. The molecule has 24 heavy (non-hydrogen) atoms. The van der Waals surface area contributed by atoms with Gasteiger partial charge in [0.15, 0.2) is 0 Å². The van der Waals surface area contributed by atoms with Crippen LogP contribution in [0.5, 0.6) is 0 Å². The zero-order valence-electron chi connectivity index (χ0n) is 14.1. The molecule has 0 bridgehead atoms. The Kier molecular flexibility index (Phi) is 4.41. The van der Waals surface area contributed by atoms with E-state index in [0.29, 0.717) is 11.8 Å². The number of hydrogen-bond acceptors (Lipinski definition) is 4. The molecule has 128 valence electrons. The van der Waals surface area contributed by atoms with Gasteiger partial charge in [-0.2, -0.15) is 5.10 Å². The van der Waals surface area contributed by atoms with E-state index in [-0.39, 0.29) is 5.92 Å². The van der Waals surface area contributed by atoms with E-state index in [1.54, 1.807) is 0 Å². The van der Waals surface area contributed by atoms with Crippen molar-refractivity contribution in [3.05, 3.63) is 40.3 Å². The molecule has 6 heteroatoms. The summed E-state index contributed by atoms with van der Waals surface area (Å²) < 4.78 is 1.82. The Morgan fingerprint density at radius 3 is 3.00 bits per heavy atom. The van der Waals surface area contributed by atoms with Crippen LogP contribution in [0.2, 0.25) is 0 Å². The van der Waals surface area contributed by atoms with Gasteiger partial charge in [0.25, 0.3) is 0 Å². The molecule has 2 atom stereocenters. The van der Waals surface area contributed by atoms with E-state index in [2.05, 4.69) is 32.4 Å². The van der Waals surface area contributed by atoms with Gasteiger partial charge in [0, 0.05) is 56.8 Å². The first-order valence-electron chi connectivity index (χ1n) is 8.73. The van der Waals surface area contributed by atoms with Crippen molar-refractivity contribution in [1.82, 2.24) is 19.6 Å². The summed E-state index contributed by atoms with van der Waals surface area (Å²) in [5.74, 6) is 0.913. The maximum Gasteiger partial charge on any atom is 0.226 e. The molecule has 2 unspecified atom stereocenters. The first-order chi connectivity index (χ1) is 11.7. The number of aryl methyl sites for hydroxylation is 1. The van der Waals surface area contributed by atoms with Gasteiger partial charge in [0.05, 0.1) is 6.20 Å². The van der Waals surface area contributed by atoms with Crippen molar-refractivity contribution in [2.24, 2.45) is 13.0 Å². The zero-order valence-corrected chi connectivity index (χ0v) is 14.9. The van der Waals surface area contributed by atoms with E-state index in [4.69, 9.17) is 0 Å². The van der Waals surface area contributed by atoms with Crippen LogP contribution in [0.4, 0.5) is 0 Å². The normalized spacial score (nSPS) is 24.8. The number of carbonyl (C=O) groups excluding carboxylic acids is 1. The van der Waals surface area contributed by atoms with Crippen molar-refractivity contribution in [2.45, 2.75) is 25.3 Å². The quantitative estimate of drug-likeness (QED) is 0.855. The second-order valence-corrected chi connectivity index (χ2v) is 7.96. The van der Waals surface area contributed by atoms with Crippen LogP contribution in [-0.2, 0) is 18.4 Å². The highest BCUT2D eigenvalue weighted by atomic mass is 32.1. The van der Waals surface area contributed by atoms with E-state index < -0.39 is 0 Å². The van der Waals surface area contributed by atoms with Crippen molar-refractivity contribution in [3.8, 4) is 0 Å². The van der Waals surface area contributed by atoms with Crippen molar-refractivity contribution < 1.29 is 4.79 Å². The van der Waals surface area contributed by atoms with Crippen LogP contribution in [-0.4, -0.2) is 51.7 Å². The highest BCUT2D eigenvalue weighted by molar-refractivity contribution is 7.09. The fourth-order valence-electron chi connectivity index (χ4n) is 3.67. The summed E-state index contributed by atoms with van der Waals surface area (Å²) >= 11 is 1.82. The van der Waals surface area contributed by atoms with Gasteiger partial charge in [-0.15, -0.1) is 11.3 Å². The molecule has 1 amide bonds. The van der Waals surface area contributed by atoms with Gasteiger partial charge < -0.3 is 4.90 Å². The third kappa shape index (κ3) is 3.39. The lowest BCUT2D eigenvalue weighted by Crippen LogP contribution is -2.36. The molecule has 1 saturated heterocycles. The van der Waals surface area contributed by atoms with Crippen LogP contribution < -0.4 is 0 Å². The molecule has 2 fully saturated rings. The van der Waals surface area contributed by atoms with Gasteiger partial charge >= 0.3 is 0 Å². The lowest BCUT2D eigenvalue weighted by Gasteiger charge is -2.22. The Bertz CT molecular complexity index is 696. The number of rotatable bonds is 4. The first-order valence-corrected chi connectivity index (χ1v) is 9.61. The number of carbonyl (C=O) groups is 1. The molecule has 0 spiro atoms. The third-order valence-electron chi connectivity index (χ3n) is 5.12. The molecule has 0 radical (unpaired) electrons. The Morgan fingerprint density at radius 2 is 2.25 bits per heavy atom. The summed E-state index contributed by atoms with van der Waals surface area (Å²) in [4.78, 5) is 18.8. The average Bonchev–Trinajstić information content (AvgIpc) is 3.10. The van der Waals surface area contributed by atoms with E-state index in [1.165, 1.54) is 10.4 Å². The topological polar surface area (TPSA) is 41.4 Å². The molecule has 3 heterocycles. The Labute approximate surface area is 146 Å². The Morgan fingerprint density at radius 1 is 1.33 bits per heavy atom. The van der Waals surface area contributed by atoms with Gasteiger partial charge in [-0.1, -0.05) is 6.07 Å². The van der Waals surface area contributed by atoms with E-state index in [0.717, 1.165) is 45.6 Å².